The van der Waals surface area contributed by atoms with E-state index in [9.17, 15) is 9.59 Å². The first-order chi connectivity index (χ1) is 8.51. The van der Waals surface area contributed by atoms with Gasteiger partial charge in [-0.1, -0.05) is 6.92 Å². The van der Waals surface area contributed by atoms with Gasteiger partial charge in [0.1, 0.15) is 5.82 Å². The number of rotatable bonds is 3. The highest BCUT2D eigenvalue weighted by Crippen LogP contribution is 2.09. The third-order valence-electron chi connectivity index (χ3n) is 2.72. The number of nitrogens with two attached hydrogens (primary N) is 1. The summed E-state index contributed by atoms with van der Waals surface area (Å²) in [6.45, 7) is 2.29. The number of nitrogens with one attached hydrogen (secondary N) is 1. The second-order valence-corrected chi connectivity index (χ2v) is 4.08. The van der Waals surface area contributed by atoms with Crippen LogP contribution in [0.4, 0.5) is 5.82 Å². The highest BCUT2D eigenvalue weighted by Gasteiger charge is 2.09. The van der Waals surface area contributed by atoms with Gasteiger partial charge in [0.05, 0.1) is 12.2 Å². The Bertz CT molecular complexity index is 679. The number of aromatic amines is 1. The van der Waals surface area contributed by atoms with E-state index in [1.807, 2.05) is 20.2 Å². The summed E-state index contributed by atoms with van der Waals surface area (Å²) in [7, 11) is 1.82. The van der Waals surface area contributed by atoms with E-state index in [4.69, 9.17) is 5.73 Å². The van der Waals surface area contributed by atoms with E-state index in [1.54, 1.807) is 4.68 Å². The van der Waals surface area contributed by atoms with Crippen LogP contribution < -0.4 is 17.0 Å². The first-order valence-corrected chi connectivity index (χ1v) is 5.62. The second-order valence-electron chi connectivity index (χ2n) is 4.08. The molecule has 2 aromatic rings. The number of aryl methyl sites for hydroxylation is 2. The highest BCUT2D eigenvalue weighted by molar-refractivity contribution is 5.28. The van der Waals surface area contributed by atoms with Gasteiger partial charge in [-0.2, -0.15) is 5.10 Å². The van der Waals surface area contributed by atoms with Crippen LogP contribution in [0.1, 0.15) is 18.2 Å². The van der Waals surface area contributed by atoms with Crippen LogP contribution in [0.5, 0.6) is 0 Å². The van der Waals surface area contributed by atoms with Gasteiger partial charge in [0, 0.05) is 24.9 Å². The standard InChI is InChI=1S/C11H15N5O2/c1-3-8-7(5-15(2)14-8)6-16-9(12)4-10(17)13-11(16)18/h4-5H,3,6,12H2,1-2H3,(H,13,17,18). The Kier molecular flexibility index (Phi) is 3.05. The van der Waals surface area contributed by atoms with Crippen molar-refractivity contribution in [2.24, 2.45) is 7.05 Å². The summed E-state index contributed by atoms with van der Waals surface area (Å²) in [5, 5.41) is 4.29. The molecular formula is C11H15N5O2. The van der Waals surface area contributed by atoms with Gasteiger partial charge in [-0.05, 0) is 6.42 Å². The van der Waals surface area contributed by atoms with Gasteiger partial charge >= 0.3 is 5.69 Å². The van der Waals surface area contributed by atoms with Crippen molar-refractivity contribution in [2.45, 2.75) is 19.9 Å². The van der Waals surface area contributed by atoms with E-state index in [1.165, 1.54) is 10.6 Å². The lowest BCUT2D eigenvalue weighted by Gasteiger charge is -2.07. The van der Waals surface area contributed by atoms with Crippen LogP contribution >= 0.6 is 0 Å². The lowest BCUT2D eigenvalue weighted by atomic mass is 10.2. The van der Waals surface area contributed by atoms with Crippen LogP contribution in [0.25, 0.3) is 0 Å². The van der Waals surface area contributed by atoms with E-state index in [0.717, 1.165) is 17.7 Å². The molecule has 7 heteroatoms. The maximum atomic E-state index is 11.7. The molecule has 3 N–H and O–H groups in total. The number of aromatic nitrogens is 4. The number of nitrogen functional groups attached to an aromatic ring is 1. The average molecular weight is 249 g/mol. The summed E-state index contributed by atoms with van der Waals surface area (Å²) in [6, 6.07) is 1.20. The minimum Gasteiger partial charge on any atom is -0.385 e. The van der Waals surface area contributed by atoms with E-state index >= 15 is 0 Å². The molecule has 18 heavy (non-hydrogen) atoms. The topological polar surface area (TPSA) is 98.7 Å². The van der Waals surface area contributed by atoms with Crippen molar-refractivity contribution < 1.29 is 0 Å². The van der Waals surface area contributed by atoms with E-state index < -0.39 is 11.2 Å². The first kappa shape index (κ1) is 12.2. The molecule has 2 rings (SSSR count). The smallest absolute Gasteiger partial charge is 0.330 e. The minimum absolute atomic E-state index is 0.148. The van der Waals surface area contributed by atoms with E-state index in [-0.39, 0.29) is 5.82 Å². The second kappa shape index (κ2) is 4.52. The van der Waals surface area contributed by atoms with E-state index in [2.05, 4.69) is 10.1 Å². The van der Waals surface area contributed by atoms with Gasteiger partial charge in [0.25, 0.3) is 5.56 Å². The lowest BCUT2D eigenvalue weighted by molar-refractivity contribution is 0.726. The summed E-state index contributed by atoms with van der Waals surface area (Å²) < 4.78 is 3.01. The summed E-state index contributed by atoms with van der Waals surface area (Å²) in [5.74, 6) is 0.148. The number of hydrogen-bond acceptors (Lipinski definition) is 4. The predicted molar refractivity (Wildman–Crippen MR) is 67.4 cm³/mol. The Balaban J connectivity index is 2.46. The van der Waals surface area contributed by atoms with Crippen molar-refractivity contribution in [3.05, 3.63) is 44.4 Å². The third kappa shape index (κ3) is 2.20. The monoisotopic (exact) mass is 249 g/mol. The fourth-order valence-corrected chi connectivity index (χ4v) is 1.89. The minimum atomic E-state index is -0.508. The summed E-state index contributed by atoms with van der Waals surface area (Å²) in [6.07, 6.45) is 2.62. The van der Waals surface area contributed by atoms with E-state index in [0.29, 0.717) is 6.54 Å². The molecular weight excluding hydrogens is 234 g/mol. The summed E-state index contributed by atoms with van der Waals surface area (Å²) in [4.78, 5) is 24.9. The molecule has 2 heterocycles. The Labute approximate surface area is 103 Å². The molecule has 0 bridgehead atoms. The molecule has 0 aliphatic carbocycles. The Morgan fingerprint density at radius 1 is 1.44 bits per heavy atom. The molecule has 0 fully saturated rings. The Morgan fingerprint density at radius 2 is 2.17 bits per heavy atom. The molecule has 0 aromatic carbocycles. The fraction of sp³-hybridized carbons (Fsp3) is 0.364. The fourth-order valence-electron chi connectivity index (χ4n) is 1.89. The molecule has 0 aliphatic rings. The lowest BCUT2D eigenvalue weighted by Crippen LogP contribution is -2.31. The van der Waals surface area contributed by atoms with Crippen molar-refractivity contribution >= 4 is 5.82 Å². The number of hydrogen-bond donors (Lipinski definition) is 2. The van der Waals surface area contributed by atoms with Gasteiger partial charge in [0.15, 0.2) is 0 Å². The van der Waals surface area contributed by atoms with Crippen molar-refractivity contribution in [1.82, 2.24) is 19.3 Å². The maximum absolute atomic E-state index is 11.7. The van der Waals surface area contributed by atoms with Gasteiger partial charge in [-0.3, -0.25) is 19.0 Å². The van der Waals surface area contributed by atoms with Crippen LogP contribution in [0.3, 0.4) is 0 Å². The predicted octanol–water partition coefficient (Wildman–Crippen LogP) is -0.537. The molecule has 0 spiro atoms. The van der Waals surface area contributed by atoms with Crippen molar-refractivity contribution in [2.75, 3.05) is 5.73 Å². The van der Waals surface area contributed by atoms with Crippen LogP contribution in [0.2, 0.25) is 0 Å². The van der Waals surface area contributed by atoms with Crippen LogP contribution in [0.15, 0.2) is 21.9 Å². The molecule has 0 atom stereocenters. The molecule has 0 amide bonds. The zero-order valence-electron chi connectivity index (χ0n) is 10.3. The normalized spacial score (nSPS) is 10.8. The summed E-state index contributed by atoms with van der Waals surface area (Å²) in [5.41, 5.74) is 6.52. The number of nitrogens with zero attached hydrogens (tertiary/aromatic N) is 3. The Morgan fingerprint density at radius 3 is 2.78 bits per heavy atom. The molecule has 7 nitrogen and oxygen atoms in total. The largest absolute Gasteiger partial charge is 0.385 e. The quantitative estimate of drug-likeness (QED) is 0.763. The van der Waals surface area contributed by atoms with Gasteiger partial charge in [-0.15, -0.1) is 0 Å². The SMILES string of the molecule is CCc1nn(C)cc1Cn1c(N)cc(=O)[nH]c1=O. The molecule has 0 radical (unpaired) electrons. The maximum Gasteiger partial charge on any atom is 0.330 e. The molecule has 2 aromatic heterocycles. The van der Waals surface area contributed by atoms with Gasteiger partial charge in [-0.25, -0.2) is 4.79 Å². The van der Waals surface area contributed by atoms with Crippen LogP contribution in [-0.2, 0) is 20.0 Å². The highest BCUT2D eigenvalue weighted by atomic mass is 16.2. The van der Waals surface area contributed by atoms with Crippen LogP contribution in [0, 0.1) is 0 Å². The van der Waals surface area contributed by atoms with Crippen molar-refractivity contribution in [1.29, 1.82) is 0 Å². The molecule has 96 valence electrons. The third-order valence-corrected chi connectivity index (χ3v) is 2.72. The molecule has 0 aliphatic heterocycles. The Hall–Kier alpha value is -2.31. The van der Waals surface area contributed by atoms with Crippen molar-refractivity contribution in [3.63, 3.8) is 0 Å². The number of anilines is 1. The molecule has 0 unspecified atom stereocenters. The molecule has 0 saturated heterocycles. The zero-order valence-corrected chi connectivity index (χ0v) is 10.3. The van der Waals surface area contributed by atoms with Crippen LogP contribution in [-0.4, -0.2) is 19.3 Å². The zero-order chi connectivity index (χ0) is 13.3. The van der Waals surface area contributed by atoms with Crippen molar-refractivity contribution in [3.8, 4) is 0 Å². The average Bonchev–Trinajstić information content (AvgIpc) is 2.64. The number of H-pyrrole nitrogens is 1. The van der Waals surface area contributed by atoms with Gasteiger partial charge in [0.2, 0.25) is 0 Å². The first-order valence-electron chi connectivity index (χ1n) is 5.62. The summed E-state index contributed by atoms with van der Waals surface area (Å²) >= 11 is 0. The molecule has 0 saturated carbocycles. The van der Waals surface area contributed by atoms with Gasteiger partial charge < -0.3 is 5.73 Å².